The average Bonchev–Trinajstić information content (AvgIpc) is 3.11. The van der Waals surface area contributed by atoms with Crippen LogP contribution in [0.1, 0.15) is 39.9 Å². The van der Waals surface area contributed by atoms with E-state index in [0.717, 1.165) is 17.7 Å². The number of carbonyl (C=O) groups excluding carboxylic acids is 2. The minimum Gasteiger partial charge on any atom is -0.356 e. The molecule has 3 aromatic rings. The molecule has 7 nitrogen and oxygen atoms in total. The van der Waals surface area contributed by atoms with Crippen LogP contribution in [-0.4, -0.2) is 33.3 Å². The number of fused-ring (bicyclic) bond motifs is 1. The fourth-order valence-electron chi connectivity index (χ4n) is 3.43. The first-order chi connectivity index (χ1) is 15.0. The number of amides is 2. The maximum Gasteiger partial charge on any atom is 0.255 e. The zero-order valence-corrected chi connectivity index (χ0v) is 16.7. The molecule has 0 saturated carbocycles. The van der Waals surface area contributed by atoms with Crippen LogP contribution in [-0.2, 0) is 24.2 Å². The Kier molecular flexibility index (Phi) is 5.66. The molecule has 4 rings (SSSR count). The standard InChI is InChI=1S/C22H19F2N5O2/c1-2-25-18(30)9-13-7-6-12(10-26-13)8-16-20-17(11-27-22(20)31)29-21(28-16)19-14(23)4-3-5-15(19)24/h3-7,10H,2,8-9,11H2,1H3,(H,25,30)(H,27,31). The number of benzene rings is 1. The number of aromatic nitrogens is 3. The molecular formula is C22H19F2N5O2. The summed E-state index contributed by atoms with van der Waals surface area (Å²) in [7, 11) is 0. The predicted molar refractivity (Wildman–Crippen MR) is 108 cm³/mol. The molecule has 1 aliphatic rings. The van der Waals surface area contributed by atoms with Gasteiger partial charge in [-0.1, -0.05) is 12.1 Å². The van der Waals surface area contributed by atoms with E-state index in [1.54, 1.807) is 18.3 Å². The number of nitrogens with zero attached hydrogens (tertiary/aromatic N) is 3. The van der Waals surface area contributed by atoms with Gasteiger partial charge in [-0.25, -0.2) is 18.7 Å². The minimum absolute atomic E-state index is 0.110. The second-order valence-electron chi connectivity index (χ2n) is 7.06. The van der Waals surface area contributed by atoms with Crippen molar-refractivity contribution in [3.63, 3.8) is 0 Å². The Balaban J connectivity index is 1.67. The van der Waals surface area contributed by atoms with Gasteiger partial charge in [0.15, 0.2) is 5.82 Å². The quantitative estimate of drug-likeness (QED) is 0.634. The average molecular weight is 423 g/mol. The van der Waals surface area contributed by atoms with E-state index in [1.165, 1.54) is 6.07 Å². The summed E-state index contributed by atoms with van der Waals surface area (Å²) in [5.41, 5.74) is 2.08. The Hall–Kier alpha value is -3.75. The molecule has 0 aliphatic carbocycles. The lowest BCUT2D eigenvalue weighted by molar-refractivity contribution is -0.120. The van der Waals surface area contributed by atoms with Crippen LogP contribution in [0.5, 0.6) is 0 Å². The first-order valence-electron chi connectivity index (χ1n) is 9.79. The summed E-state index contributed by atoms with van der Waals surface area (Å²) < 4.78 is 28.6. The summed E-state index contributed by atoms with van der Waals surface area (Å²) in [5, 5.41) is 5.38. The van der Waals surface area contributed by atoms with Crippen LogP contribution in [0.2, 0.25) is 0 Å². The van der Waals surface area contributed by atoms with E-state index >= 15 is 0 Å². The van der Waals surface area contributed by atoms with E-state index < -0.39 is 11.6 Å². The van der Waals surface area contributed by atoms with Crippen LogP contribution in [0.25, 0.3) is 11.4 Å². The number of hydrogen-bond donors (Lipinski definition) is 2. The molecule has 9 heteroatoms. The zero-order chi connectivity index (χ0) is 22.0. The van der Waals surface area contributed by atoms with Crippen molar-refractivity contribution >= 4 is 11.8 Å². The van der Waals surface area contributed by atoms with Crippen molar-refractivity contribution in [3.8, 4) is 11.4 Å². The molecule has 1 aromatic carbocycles. The number of nitrogens with one attached hydrogen (secondary N) is 2. The summed E-state index contributed by atoms with van der Waals surface area (Å²) in [6.45, 7) is 2.55. The van der Waals surface area contributed by atoms with Crippen molar-refractivity contribution < 1.29 is 18.4 Å². The molecule has 3 heterocycles. The number of likely N-dealkylation sites (N-methyl/N-ethyl adjacent to an activating group) is 1. The van der Waals surface area contributed by atoms with Gasteiger partial charge in [-0.15, -0.1) is 0 Å². The molecule has 1 aliphatic heterocycles. The molecule has 0 radical (unpaired) electrons. The van der Waals surface area contributed by atoms with Crippen molar-refractivity contribution in [2.24, 2.45) is 0 Å². The van der Waals surface area contributed by atoms with Gasteiger partial charge >= 0.3 is 0 Å². The Morgan fingerprint density at radius 2 is 1.90 bits per heavy atom. The van der Waals surface area contributed by atoms with Gasteiger partial charge < -0.3 is 10.6 Å². The van der Waals surface area contributed by atoms with E-state index in [1.807, 2.05) is 6.92 Å². The monoisotopic (exact) mass is 423 g/mol. The molecule has 158 valence electrons. The lowest BCUT2D eigenvalue weighted by Gasteiger charge is -2.10. The maximum absolute atomic E-state index is 14.3. The minimum atomic E-state index is -0.778. The lowest BCUT2D eigenvalue weighted by Crippen LogP contribution is -2.24. The van der Waals surface area contributed by atoms with E-state index in [0.29, 0.717) is 29.2 Å². The van der Waals surface area contributed by atoms with Crippen LogP contribution in [0.15, 0.2) is 36.5 Å². The summed E-state index contributed by atoms with van der Waals surface area (Å²) in [5.74, 6) is -2.11. The normalized spacial score (nSPS) is 12.4. The Bertz CT molecular complexity index is 1150. The molecule has 2 aromatic heterocycles. The molecule has 0 spiro atoms. The molecule has 2 amide bonds. The van der Waals surface area contributed by atoms with E-state index in [9.17, 15) is 18.4 Å². The van der Waals surface area contributed by atoms with E-state index in [4.69, 9.17) is 0 Å². The van der Waals surface area contributed by atoms with Crippen molar-refractivity contribution in [1.82, 2.24) is 25.6 Å². The Labute approximate surface area is 177 Å². The first kappa shape index (κ1) is 20.5. The lowest BCUT2D eigenvalue weighted by atomic mass is 10.0. The van der Waals surface area contributed by atoms with Gasteiger partial charge in [0.2, 0.25) is 5.91 Å². The number of carbonyl (C=O) groups is 2. The predicted octanol–water partition coefficient (Wildman–Crippen LogP) is 2.33. The summed E-state index contributed by atoms with van der Waals surface area (Å²) in [4.78, 5) is 36.9. The second kappa shape index (κ2) is 8.55. The first-order valence-corrected chi connectivity index (χ1v) is 9.79. The summed E-state index contributed by atoms with van der Waals surface area (Å²) in [6, 6.07) is 7.04. The van der Waals surface area contributed by atoms with E-state index in [-0.39, 0.29) is 42.6 Å². The van der Waals surface area contributed by atoms with Gasteiger partial charge in [0.25, 0.3) is 5.91 Å². The third kappa shape index (κ3) is 4.25. The highest BCUT2D eigenvalue weighted by atomic mass is 19.1. The van der Waals surface area contributed by atoms with Crippen LogP contribution >= 0.6 is 0 Å². The molecule has 2 N–H and O–H groups in total. The Morgan fingerprint density at radius 1 is 1.13 bits per heavy atom. The van der Waals surface area contributed by atoms with Crippen molar-refractivity contribution in [1.29, 1.82) is 0 Å². The summed E-state index contributed by atoms with van der Waals surface area (Å²) >= 11 is 0. The fourth-order valence-corrected chi connectivity index (χ4v) is 3.43. The van der Waals surface area contributed by atoms with Gasteiger partial charge in [-0.05, 0) is 30.7 Å². The highest BCUT2D eigenvalue weighted by Gasteiger charge is 2.28. The third-order valence-corrected chi connectivity index (χ3v) is 4.86. The number of rotatable bonds is 6. The zero-order valence-electron chi connectivity index (χ0n) is 16.7. The number of pyridine rings is 1. The number of hydrogen-bond acceptors (Lipinski definition) is 5. The van der Waals surface area contributed by atoms with Crippen LogP contribution in [0.3, 0.4) is 0 Å². The van der Waals surface area contributed by atoms with Gasteiger partial charge in [0.1, 0.15) is 11.6 Å². The van der Waals surface area contributed by atoms with Gasteiger partial charge in [-0.2, -0.15) is 0 Å². The van der Waals surface area contributed by atoms with Crippen LogP contribution < -0.4 is 10.6 Å². The van der Waals surface area contributed by atoms with Crippen LogP contribution in [0.4, 0.5) is 8.78 Å². The Morgan fingerprint density at radius 3 is 2.58 bits per heavy atom. The van der Waals surface area contributed by atoms with Gasteiger partial charge in [-0.3, -0.25) is 14.6 Å². The molecule has 31 heavy (non-hydrogen) atoms. The van der Waals surface area contributed by atoms with Crippen molar-refractivity contribution in [2.45, 2.75) is 26.3 Å². The van der Waals surface area contributed by atoms with E-state index in [2.05, 4.69) is 25.6 Å². The molecule has 0 fully saturated rings. The van der Waals surface area contributed by atoms with Crippen molar-refractivity contribution in [2.75, 3.05) is 6.54 Å². The second-order valence-corrected chi connectivity index (χ2v) is 7.06. The number of halogens is 2. The molecule has 0 bridgehead atoms. The SMILES string of the molecule is CCNC(=O)Cc1ccc(Cc2nc(-c3c(F)cccc3F)nc3c2C(=O)NC3)cn1. The highest BCUT2D eigenvalue weighted by molar-refractivity contribution is 5.99. The molecule has 0 saturated heterocycles. The highest BCUT2D eigenvalue weighted by Crippen LogP contribution is 2.27. The molecule has 0 atom stereocenters. The van der Waals surface area contributed by atoms with Gasteiger partial charge in [0.05, 0.1) is 35.5 Å². The van der Waals surface area contributed by atoms with Crippen molar-refractivity contribution in [3.05, 3.63) is 76.4 Å². The molecule has 0 unspecified atom stereocenters. The van der Waals surface area contributed by atoms with Gasteiger partial charge in [0, 0.05) is 24.9 Å². The van der Waals surface area contributed by atoms with Crippen LogP contribution in [0, 0.1) is 11.6 Å². The maximum atomic E-state index is 14.3. The third-order valence-electron chi connectivity index (χ3n) is 4.86. The largest absolute Gasteiger partial charge is 0.356 e. The fraction of sp³-hybridized carbons (Fsp3) is 0.227. The summed E-state index contributed by atoms with van der Waals surface area (Å²) in [6.07, 6.45) is 1.98. The molecular weight excluding hydrogens is 404 g/mol. The smallest absolute Gasteiger partial charge is 0.255 e. The topological polar surface area (TPSA) is 96.9 Å².